The standard InChI is InChI=1S/C24H28ClN3O/c1-18(2)15-28(24(29)26-23-12-5-4-8-19(23)3)17-22-11-7-13-27(22)16-20-9-6-10-21(25)14-20/h4-14,18H,15-17H2,1-3H3,(H,26,29). The Bertz CT molecular complexity index is 964. The molecule has 0 saturated carbocycles. The van der Waals surface area contributed by atoms with Gasteiger partial charge >= 0.3 is 6.03 Å². The van der Waals surface area contributed by atoms with Gasteiger partial charge in [-0.3, -0.25) is 0 Å². The van der Waals surface area contributed by atoms with Gasteiger partial charge in [-0.15, -0.1) is 0 Å². The van der Waals surface area contributed by atoms with Crippen molar-refractivity contribution in [2.45, 2.75) is 33.9 Å². The molecule has 2 amide bonds. The minimum Gasteiger partial charge on any atom is -0.345 e. The molecule has 1 aromatic heterocycles. The third-order valence-electron chi connectivity index (χ3n) is 4.78. The van der Waals surface area contributed by atoms with Gasteiger partial charge in [0.05, 0.1) is 6.54 Å². The number of carbonyl (C=O) groups is 1. The quantitative estimate of drug-likeness (QED) is 0.496. The first-order chi connectivity index (χ1) is 13.9. The molecule has 0 aliphatic rings. The topological polar surface area (TPSA) is 37.3 Å². The molecule has 1 N–H and O–H groups in total. The number of aromatic nitrogens is 1. The Kier molecular flexibility index (Phi) is 6.99. The van der Waals surface area contributed by atoms with E-state index in [0.29, 0.717) is 19.0 Å². The van der Waals surface area contributed by atoms with Crippen LogP contribution in [0.2, 0.25) is 5.02 Å². The normalized spacial score (nSPS) is 10.9. The molecule has 5 heteroatoms. The van der Waals surface area contributed by atoms with Gasteiger partial charge in [-0.2, -0.15) is 0 Å². The number of amides is 2. The number of rotatable bonds is 7. The smallest absolute Gasteiger partial charge is 0.322 e. The Morgan fingerprint density at radius 2 is 1.90 bits per heavy atom. The zero-order valence-electron chi connectivity index (χ0n) is 17.2. The maximum absolute atomic E-state index is 13.0. The number of aryl methyl sites for hydroxylation is 1. The molecule has 2 aromatic carbocycles. The summed E-state index contributed by atoms with van der Waals surface area (Å²) in [7, 11) is 0. The molecule has 29 heavy (non-hydrogen) atoms. The van der Waals surface area contributed by atoms with E-state index in [0.717, 1.165) is 34.1 Å². The van der Waals surface area contributed by atoms with Crippen LogP contribution < -0.4 is 5.32 Å². The van der Waals surface area contributed by atoms with E-state index < -0.39 is 0 Å². The van der Waals surface area contributed by atoms with Crippen LogP contribution in [0.15, 0.2) is 66.9 Å². The first-order valence-electron chi connectivity index (χ1n) is 9.92. The van der Waals surface area contributed by atoms with Crippen LogP contribution in [0.5, 0.6) is 0 Å². The van der Waals surface area contributed by atoms with Crippen molar-refractivity contribution in [1.82, 2.24) is 9.47 Å². The van der Waals surface area contributed by atoms with Gasteiger partial charge in [0.2, 0.25) is 0 Å². The number of hydrogen-bond acceptors (Lipinski definition) is 1. The zero-order valence-corrected chi connectivity index (χ0v) is 18.0. The molecule has 3 aromatic rings. The highest BCUT2D eigenvalue weighted by molar-refractivity contribution is 6.30. The fourth-order valence-corrected chi connectivity index (χ4v) is 3.56. The molecular weight excluding hydrogens is 382 g/mol. The third kappa shape index (κ3) is 5.88. The summed E-state index contributed by atoms with van der Waals surface area (Å²) in [6, 6.07) is 19.7. The predicted octanol–water partition coefficient (Wildman–Crippen LogP) is 6.19. The van der Waals surface area contributed by atoms with E-state index in [-0.39, 0.29) is 6.03 Å². The molecule has 0 atom stereocenters. The fourth-order valence-electron chi connectivity index (χ4n) is 3.34. The van der Waals surface area contributed by atoms with E-state index in [2.05, 4.69) is 35.9 Å². The predicted molar refractivity (Wildman–Crippen MR) is 120 cm³/mol. The highest BCUT2D eigenvalue weighted by atomic mass is 35.5. The highest BCUT2D eigenvalue weighted by Crippen LogP contribution is 2.18. The summed E-state index contributed by atoms with van der Waals surface area (Å²) in [5.41, 5.74) is 4.12. The van der Waals surface area contributed by atoms with Gasteiger partial charge in [0, 0.05) is 35.7 Å². The third-order valence-corrected chi connectivity index (χ3v) is 5.01. The maximum atomic E-state index is 13.0. The molecule has 0 saturated heterocycles. The minimum atomic E-state index is -0.0801. The second kappa shape index (κ2) is 9.66. The molecule has 0 radical (unpaired) electrons. The Morgan fingerprint density at radius 3 is 2.62 bits per heavy atom. The molecule has 0 fully saturated rings. The van der Waals surface area contributed by atoms with Gasteiger partial charge in [0.25, 0.3) is 0 Å². The minimum absolute atomic E-state index is 0.0801. The molecule has 3 rings (SSSR count). The average Bonchev–Trinajstić information content (AvgIpc) is 3.09. The summed E-state index contributed by atoms with van der Waals surface area (Å²) in [6.45, 7) is 8.19. The second-order valence-electron chi connectivity index (χ2n) is 7.78. The van der Waals surface area contributed by atoms with Crippen molar-refractivity contribution in [3.05, 3.63) is 88.7 Å². The molecule has 1 heterocycles. The zero-order chi connectivity index (χ0) is 20.8. The van der Waals surface area contributed by atoms with Crippen molar-refractivity contribution in [3.63, 3.8) is 0 Å². The van der Waals surface area contributed by atoms with E-state index in [1.165, 1.54) is 0 Å². The van der Waals surface area contributed by atoms with Gasteiger partial charge in [-0.25, -0.2) is 4.79 Å². The summed E-state index contributed by atoms with van der Waals surface area (Å²) in [5, 5.41) is 3.80. The van der Waals surface area contributed by atoms with Crippen LogP contribution in [0.25, 0.3) is 0 Å². The highest BCUT2D eigenvalue weighted by Gasteiger charge is 2.18. The number of carbonyl (C=O) groups excluding carboxylic acids is 1. The van der Waals surface area contributed by atoms with E-state index >= 15 is 0 Å². The van der Waals surface area contributed by atoms with Gasteiger partial charge < -0.3 is 14.8 Å². The number of nitrogens with zero attached hydrogens (tertiary/aromatic N) is 2. The lowest BCUT2D eigenvalue weighted by Gasteiger charge is -2.26. The van der Waals surface area contributed by atoms with Gasteiger partial charge in [-0.05, 0) is 54.3 Å². The number of urea groups is 1. The summed E-state index contributed by atoms with van der Waals surface area (Å²) < 4.78 is 2.17. The number of nitrogens with one attached hydrogen (secondary N) is 1. The van der Waals surface area contributed by atoms with Crippen molar-refractivity contribution < 1.29 is 4.79 Å². The Labute approximate surface area is 178 Å². The first kappa shape index (κ1) is 21.0. The number of hydrogen-bond donors (Lipinski definition) is 1. The molecule has 152 valence electrons. The molecule has 0 unspecified atom stereocenters. The van der Waals surface area contributed by atoms with Crippen molar-refractivity contribution in [2.75, 3.05) is 11.9 Å². The fraction of sp³-hybridized carbons (Fsp3) is 0.292. The van der Waals surface area contributed by atoms with Gasteiger partial charge in [0.15, 0.2) is 0 Å². The average molecular weight is 410 g/mol. The summed E-state index contributed by atoms with van der Waals surface area (Å²) in [6.07, 6.45) is 2.04. The number of benzene rings is 2. The Balaban J connectivity index is 1.76. The van der Waals surface area contributed by atoms with Crippen LogP contribution in [-0.4, -0.2) is 22.0 Å². The van der Waals surface area contributed by atoms with Crippen LogP contribution in [-0.2, 0) is 13.1 Å². The van der Waals surface area contributed by atoms with Crippen molar-refractivity contribution >= 4 is 23.3 Å². The van der Waals surface area contributed by atoms with Crippen LogP contribution in [0.1, 0.15) is 30.7 Å². The summed E-state index contributed by atoms with van der Waals surface area (Å²) in [4.78, 5) is 14.9. The maximum Gasteiger partial charge on any atom is 0.322 e. The lowest BCUT2D eigenvalue weighted by Crippen LogP contribution is -2.37. The molecular formula is C24H28ClN3O. The SMILES string of the molecule is Cc1ccccc1NC(=O)N(Cc1cccn1Cc1cccc(Cl)c1)CC(C)C. The van der Waals surface area contributed by atoms with Gasteiger partial charge in [-0.1, -0.05) is 55.8 Å². The number of halogens is 1. The monoisotopic (exact) mass is 409 g/mol. The number of anilines is 1. The lowest BCUT2D eigenvalue weighted by molar-refractivity contribution is 0.200. The van der Waals surface area contributed by atoms with Crippen LogP contribution >= 0.6 is 11.6 Å². The molecule has 0 spiro atoms. The summed E-state index contributed by atoms with van der Waals surface area (Å²) >= 11 is 6.13. The lowest BCUT2D eigenvalue weighted by atomic mass is 10.2. The molecule has 0 bridgehead atoms. The van der Waals surface area contributed by atoms with E-state index in [9.17, 15) is 4.79 Å². The van der Waals surface area contributed by atoms with Crippen LogP contribution in [0.3, 0.4) is 0 Å². The number of para-hydroxylation sites is 1. The van der Waals surface area contributed by atoms with Crippen molar-refractivity contribution in [1.29, 1.82) is 0 Å². The molecule has 4 nitrogen and oxygen atoms in total. The Morgan fingerprint density at radius 1 is 1.10 bits per heavy atom. The van der Waals surface area contributed by atoms with E-state index in [1.54, 1.807) is 0 Å². The van der Waals surface area contributed by atoms with Gasteiger partial charge in [0.1, 0.15) is 0 Å². The van der Waals surface area contributed by atoms with E-state index in [1.807, 2.05) is 66.6 Å². The van der Waals surface area contributed by atoms with Crippen LogP contribution in [0.4, 0.5) is 10.5 Å². The Hall–Kier alpha value is -2.72. The van der Waals surface area contributed by atoms with Crippen molar-refractivity contribution in [3.8, 4) is 0 Å². The van der Waals surface area contributed by atoms with Crippen molar-refractivity contribution in [2.24, 2.45) is 5.92 Å². The summed E-state index contributed by atoms with van der Waals surface area (Å²) in [5.74, 6) is 0.369. The second-order valence-corrected chi connectivity index (χ2v) is 8.21. The largest absolute Gasteiger partial charge is 0.345 e. The first-order valence-corrected chi connectivity index (χ1v) is 10.3. The van der Waals surface area contributed by atoms with Crippen LogP contribution in [0, 0.1) is 12.8 Å². The molecule has 0 aliphatic carbocycles. The molecule has 0 aliphatic heterocycles. The van der Waals surface area contributed by atoms with E-state index in [4.69, 9.17) is 11.6 Å².